The second-order valence-corrected chi connectivity index (χ2v) is 15.7. The number of ether oxygens (including phenoxy) is 3. The molecule has 224 valence electrons. The minimum Gasteiger partial charge on any atom is -0.497 e. The van der Waals surface area contributed by atoms with Gasteiger partial charge in [0.1, 0.15) is 11.9 Å². The number of rotatable bonds is 15. The molecule has 1 atom stereocenters. The summed E-state index contributed by atoms with van der Waals surface area (Å²) in [6, 6.07) is 28.7. The highest BCUT2D eigenvalue weighted by atomic mass is 28.4. The van der Waals surface area contributed by atoms with Gasteiger partial charge in [-0.3, -0.25) is 0 Å². The van der Waals surface area contributed by atoms with Crippen LogP contribution in [0.4, 0.5) is 0 Å². The summed E-state index contributed by atoms with van der Waals surface area (Å²) in [5.41, 5.74) is 2.28. The van der Waals surface area contributed by atoms with Crippen LogP contribution in [0.25, 0.3) is 0 Å². The van der Waals surface area contributed by atoms with Crippen LogP contribution in [-0.4, -0.2) is 41.2 Å². The van der Waals surface area contributed by atoms with Crippen LogP contribution in [0, 0.1) is 0 Å². The fourth-order valence-electron chi connectivity index (χ4n) is 5.13. The zero-order valence-electron chi connectivity index (χ0n) is 26.0. The SMILES string of the molecule is COC(=O)C(CC/C=C/C(C)=C/CCOCc1ccc(OC)cc1)O[Si](c1ccccc1)(c1ccccc1)C(C)(C)C. The minimum atomic E-state index is -2.88. The number of carbonyl (C=O) groups is 1. The number of esters is 1. The van der Waals surface area contributed by atoms with Crippen LogP contribution in [0.3, 0.4) is 0 Å². The molecule has 0 aliphatic heterocycles. The second kappa shape index (κ2) is 16.3. The van der Waals surface area contributed by atoms with E-state index >= 15 is 0 Å². The monoisotopic (exact) mass is 586 g/mol. The molecule has 0 aliphatic rings. The fraction of sp³-hybridized carbons (Fsp3) is 0.361. The molecule has 3 rings (SSSR count). The summed E-state index contributed by atoms with van der Waals surface area (Å²) in [7, 11) is 0.213. The van der Waals surface area contributed by atoms with Gasteiger partial charge in [-0.05, 0) is 59.3 Å². The lowest BCUT2D eigenvalue weighted by Gasteiger charge is -2.44. The lowest BCUT2D eigenvalue weighted by Crippen LogP contribution is -2.68. The van der Waals surface area contributed by atoms with E-state index in [1.54, 1.807) is 7.11 Å². The second-order valence-electron chi connectivity index (χ2n) is 11.4. The molecule has 0 saturated carbocycles. The van der Waals surface area contributed by atoms with Crippen LogP contribution in [0.15, 0.2) is 109 Å². The molecule has 6 heteroatoms. The lowest BCUT2D eigenvalue weighted by molar-refractivity contribution is -0.149. The molecule has 0 N–H and O–H groups in total. The van der Waals surface area contributed by atoms with E-state index in [-0.39, 0.29) is 11.0 Å². The van der Waals surface area contributed by atoms with Crippen molar-refractivity contribution in [3.05, 3.63) is 114 Å². The Morgan fingerprint density at radius 1 is 0.857 bits per heavy atom. The predicted octanol–water partition coefficient (Wildman–Crippen LogP) is 7.00. The van der Waals surface area contributed by atoms with Crippen molar-refractivity contribution in [3.8, 4) is 5.75 Å². The maximum Gasteiger partial charge on any atom is 0.333 e. The topological polar surface area (TPSA) is 54.0 Å². The molecule has 3 aromatic carbocycles. The van der Waals surface area contributed by atoms with E-state index in [4.69, 9.17) is 18.6 Å². The van der Waals surface area contributed by atoms with Gasteiger partial charge in [-0.25, -0.2) is 4.79 Å². The Morgan fingerprint density at radius 2 is 1.45 bits per heavy atom. The Bertz CT molecular complexity index is 1240. The first-order valence-electron chi connectivity index (χ1n) is 14.6. The van der Waals surface area contributed by atoms with Crippen molar-refractivity contribution in [3.63, 3.8) is 0 Å². The molecule has 1 unspecified atom stereocenters. The van der Waals surface area contributed by atoms with Gasteiger partial charge in [-0.2, -0.15) is 0 Å². The molecule has 0 saturated heterocycles. The van der Waals surface area contributed by atoms with Crippen LogP contribution in [0.5, 0.6) is 5.75 Å². The van der Waals surface area contributed by atoms with Gasteiger partial charge >= 0.3 is 5.97 Å². The summed E-state index contributed by atoms with van der Waals surface area (Å²) in [4.78, 5) is 13.1. The quantitative estimate of drug-likeness (QED) is 0.0831. The van der Waals surface area contributed by atoms with Crippen LogP contribution >= 0.6 is 0 Å². The largest absolute Gasteiger partial charge is 0.497 e. The minimum absolute atomic E-state index is 0.230. The van der Waals surface area contributed by atoms with Gasteiger partial charge in [0.15, 0.2) is 0 Å². The molecule has 0 spiro atoms. The molecular formula is C36H46O5Si. The van der Waals surface area contributed by atoms with Crippen molar-refractivity contribution >= 4 is 24.7 Å². The van der Waals surface area contributed by atoms with Gasteiger partial charge in [0.05, 0.1) is 27.4 Å². The average Bonchev–Trinajstić information content (AvgIpc) is 3.00. The molecule has 3 aromatic rings. The Labute approximate surface area is 253 Å². The van der Waals surface area contributed by atoms with Crippen molar-refractivity contribution in [2.24, 2.45) is 0 Å². The normalized spacial score (nSPS) is 13.2. The molecule has 5 nitrogen and oxygen atoms in total. The fourth-order valence-corrected chi connectivity index (χ4v) is 9.78. The third kappa shape index (κ3) is 9.02. The van der Waals surface area contributed by atoms with Gasteiger partial charge < -0.3 is 18.6 Å². The third-order valence-corrected chi connectivity index (χ3v) is 12.4. The van der Waals surface area contributed by atoms with Crippen LogP contribution in [0.1, 0.15) is 52.5 Å². The lowest BCUT2D eigenvalue weighted by atomic mass is 10.1. The number of carbonyl (C=O) groups excluding carboxylic acids is 1. The first-order valence-corrected chi connectivity index (χ1v) is 16.5. The van der Waals surface area contributed by atoms with E-state index in [1.807, 2.05) is 60.7 Å². The van der Waals surface area contributed by atoms with E-state index in [0.29, 0.717) is 26.1 Å². The van der Waals surface area contributed by atoms with E-state index in [1.165, 1.54) is 7.11 Å². The molecule has 0 radical (unpaired) electrons. The van der Waals surface area contributed by atoms with Gasteiger partial charge in [0, 0.05) is 0 Å². The van der Waals surface area contributed by atoms with E-state index < -0.39 is 14.4 Å². The highest BCUT2D eigenvalue weighted by molar-refractivity contribution is 6.99. The van der Waals surface area contributed by atoms with Crippen molar-refractivity contribution in [2.45, 2.75) is 64.7 Å². The van der Waals surface area contributed by atoms with Crippen molar-refractivity contribution in [1.82, 2.24) is 0 Å². The Morgan fingerprint density at radius 3 is 1.98 bits per heavy atom. The van der Waals surface area contributed by atoms with Gasteiger partial charge in [0.25, 0.3) is 8.32 Å². The Balaban J connectivity index is 1.65. The summed E-state index contributed by atoms with van der Waals surface area (Å²) in [5.74, 6) is 0.509. The Kier molecular flexibility index (Phi) is 12.8. The molecule has 42 heavy (non-hydrogen) atoms. The van der Waals surface area contributed by atoms with Crippen LogP contribution in [0.2, 0.25) is 5.04 Å². The summed E-state index contributed by atoms with van der Waals surface area (Å²) < 4.78 is 23.3. The maximum atomic E-state index is 13.1. The summed E-state index contributed by atoms with van der Waals surface area (Å²) in [6.07, 6.45) is 7.75. The van der Waals surface area contributed by atoms with Crippen LogP contribution < -0.4 is 15.1 Å². The molecule has 0 amide bonds. The number of hydrogen-bond acceptors (Lipinski definition) is 5. The standard InChI is InChI=1S/C36H46O5Si/c1-29(17-15-27-40-28-30-23-25-31(38-5)26-24-30)16-13-14-22-34(35(37)39-6)41-42(36(2,3)4,32-18-9-7-10-19-32)33-20-11-8-12-21-33/h7-13,16-21,23-26,34H,14-15,22,27-28H2,1-6H3/b16-13+,29-17+. The molecule has 0 aromatic heterocycles. The van der Waals surface area contributed by atoms with Gasteiger partial charge in [-0.1, -0.05) is 117 Å². The van der Waals surface area contributed by atoms with Gasteiger partial charge in [0.2, 0.25) is 0 Å². The zero-order valence-corrected chi connectivity index (χ0v) is 27.0. The summed E-state index contributed by atoms with van der Waals surface area (Å²) in [6.45, 7) is 9.94. The number of allylic oxidation sites excluding steroid dienone is 3. The van der Waals surface area contributed by atoms with Crippen molar-refractivity contribution in [1.29, 1.82) is 0 Å². The maximum absolute atomic E-state index is 13.1. The first kappa shape index (κ1) is 33.1. The smallest absolute Gasteiger partial charge is 0.333 e. The van der Waals surface area contributed by atoms with E-state index in [9.17, 15) is 4.79 Å². The van der Waals surface area contributed by atoms with Gasteiger partial charge in [-0.15, -0.1) is 0 Å². The summed E-state index contributed by atoms with van der Waals surface area (Å²) in [5, 5.41) is 2.05. The molecule has 0 fully saturated rings. The van der Waals surface area contributed by atoms with E-state index in [0.717, 1.165) is 33.7 Å². The number of benzene rings is 3. The molecular weight excluding hydrogens is 540 g/mol. The zero-order chi connectivity index (χ0) is 30.4. The van der Waals surface area contributed by atoms with Crippen LogP contribution in [-0.2, 0) is 25.3 Å². The number of methoxy groups -OCH3 is 2. The molecule has 0 bridgehead atoms. The Hall–Kier alpha value is -3.45. The third-order valence-electron chi connectivity index (χ3n) is 7.33. The first-order chi connectivity index (χ1) is 20.2. The summed E-state index contributed by atoms with van der Waals surface area (Å²) >= 11 is 0. The van der Waals surface area contributed by atoms with Crippen molar-refractivity contribution in [2.75, 3.05) is 20.8 Å². The number of hydrogen-bond donors (Lipinski definition) is 0. The highest BCUT2D eigenvalue weighted by Gasteiger charge is 2.52. The average molecular weight is 587 g/mol. The molecule has 0 heterocycles. The predicted molar refractivity (Wildman–Crippen MR) is 174 cm³/mol. The van der Waals surface area contributed by atoms with E-state index in [2.05, 4.69) is 70.2 Å². The van der Waals surface area contributed by atoms with Crippen molar-refractivity contribution < 1.29 is 23.4 Å². The molecule has 0 aliphatic carbocycles. The highest BCUT2D eigenvalue weighted by Crippen LogP contribution is 2.38.